The van der Waals surface area contributed by atoms with Crippen LogP contribution in [0.3, 0.4) is 0 Å². The molecule has 0 amide bonds. The average molecular weight is 280 g/mol. The van der Waals surface area contributed by atoms with Crippen molar-refractivity contribution in [3.05, 3.63) is 21.3 Å². The van der Waals surface area contributed by atoms with E-state index >= 15 is 0 Å². The molecule has 3 nitrogen and oxygen atoms in total. The SMILES string of the molecule is NS(=O)(=O)C(c1cc(Cl)cs1)C(F)(F)F. The summed E-state index contributed by atoms with van der Waals surface area (Å²) in [6.45, 7) is 0. The number of hydrogen-bond donors (Lipinski definition) is 1. The molecule has 1 aromatic rings. The third kappa shape index (κ3) is 3.07. The fourth-order valence-corrected chi connectivity index (χ4v) is 3.39. The molecule has 0 aromatic carbocycles. The van der Waals surface area contributed by atoms with Gasteiger partial charge in [-0.3, -0.25) is 0 Å². The van der Waals surface area contributed by atoms with Crippen LogP contribution in [0, 0.1) is 0 Å². The van der Waals surface area contributed by atoms with Crippen LogP contribution in [0.5, 0.6) is 0 Å². The van der Waals surface area contributed by atoms with Crippen LogP contribution in [0.25, 0.3) is 0 Å². The average Bonchev–Trinajstić information content (AvgIpc) is 2.28. The summed E-state index contributed by atoms with van der Waals surface area (Å²) in [5.74, 6) is 0. The summed E-state index contributed by atoms with van der Waals surface area (Å²) in [6.07, 6.45) is -4.94. The molecule has 86 valence electrons. The van der Waals surface area contributed by atoms with Crippen molar-refractivity contribution in [3.8, 4) is 0 Å². The minimum Gasteiger partial charge on any atom is -0.228 e. The summed E-state index contributed by atoms with van der Waals surface area (Å²) in [6, 6.07) is 0.939. The maximum atomic E-state index is 12.4. The van der Waals surface area contributed by atoms with Crippen molar-refractivity contribution in [2.24, 2.45) is 5.14 Å². The van der Waals surface area contributed by atoms with Crippen LogP contribution in [-0.2, 0) is 10.0 Å². The molecule has 0 spiro atoms. The number of rotatable bonds is 2. The Hall–Kier alpha value is -0.310. The van der Waals surface area contributed by atoms with Gasteiger partial charge in [-0.05, 0) is 6.07 Å². The quantitative estimate of drug-likeness (QED) is 0.903. The third-order valence-corrected chi connectivity index (χ3v) is 4.14. The Labute approximate surface area is 92.7 Å². The molecule has 1 unspecified atom stereocenters. The molecule has 15 heavy (non-hydrogen) atoms. The van der Waals surface area contributed by atoms with E-state index in [0.717, 1.165) is 6.07 Å². The molecule has 1 aromatic heterocycles. The first-order chi connectivity index (χ1) is 6.62. The maximum Gasteiger partial charge on any atom is 0.411 e. The lowest BCUT2D eigenvalue weighted by Gasteiger charge is -2.16. The highest BCUT2D eigenvalue weighted by atomic mass is 35.5. The summed E-state index contributed by atoms with van der Waals surface area (Å²) in [4.78, 5) is -0.435. The zero-order chi connectivity index (χ0) is 11.9. The van der Waals surface area contributed by atoms with E-state index in [9.17, 15) is 21.6 Å². The largest absolute Gasteiger partial charge is 0.411 e. The number of halogens is 4. The van der Waals surface area contributed by atoms with E-state index in [1.807, 2.05) is 0 Å². The first kappa shape index (κ1) is 12.8. The standard InChI is InChI=1S/C6H5ClF3NO2S2/c7-3-1-4(14-2-3)5(6(8,9)10)15(11,12)13/h1-2,5H,(H2,11,12,13). The highest BCUT2D eigenvalue weighted by molar-refractivity contribution is 7.89. The van der Waals surface area contributed by atoms with Crippen molar-refractivity contribution in [2.75, 3.05) is 0 Å². The van der Waals surface area contributed by atoms with Crippen LogP contribution in [0.4, 0.5) is 13.2 Å². The van der Waals surface area contributed by atoms with Gasteiger partial charge in [-0.2, -0.15) is 13.2 Å². The molecule has 1 atom stereocenters. The molecule has 2 N–H and O–H groups in total. The Balaban J connectivity index is 3.26. The molecule has 1 heterocycles. The topological polar surface area (TPSA) is 60.2 Å². The van der Waals surface area contributed by atoms with Gasteiger partial charge in [0.25, 0.3) is 0 Å². The lowest BCUT2D eigenvalue weighted by molar-refractivity contribution is -0.130. The predicted octanol–water partition coefficient (Wildman–Crippen LogP) is 2.29. The van der Waals surface area contributed by atoms with Crippen molar-refractivity contribution in [2.45, 2.75) is 11.4 Å². The number of nitrogens with two attached hydrogens (primary N) is 1. The zero-order valence-corrected chi connectivity index (χ0v) is 9.34. The molecule has 9 heteroatoms. The van der Waals surface area contributed by atoms with Crippen molar-refractivity contribution in [1.82, 2.24) is 0 Å². The Kier molecular flexibility index (Phi) is 3.34. The second-order valence-corrected chi connectivity index (χ2v) is 5.71. The van der Waals surface area contributed by atoms with Gasteiger partial charge in [0.15, 0.2) is 0 Å². The highest BCUT2D eigenvalue weighted by Crippen LogP contribution is 2.41. The molecule has 0 saturated heterocycles. The molecule has 0 aliphatic heterocycles. The number of sulfonamides is 1. The Bertz CT molecular complexity index is 453. The maximum absolute atomic E-state index is 12.4. The van der Waals surface area contributed by atoms with Gasteiger partial charge in [-0.1, -0.05) is 11.6 Å². The second-order valence-electron chi connectivity index (χ2n) is 2.68. The smallest absolute Gasteiger partial charge is 0.228 e. The van der Waals surface area contributed by atoms with Crippen LogP contribution in [0.15, 0.2) is 11.4 Å². The Morgan fingerprint density at radius 1 is 1.47 bits per heavy atom. The van der Waals surface area contributed by atoms with Crippen LogP contribution in [0.1, 0.15) is 10.1 Å². The third-order valence-electron chi connectivity index (χ3n) is 1.47. The molecule has 0 aliphatic rings. The van der Waals surface area contributed by atoms with Crippen molar-refractivity contribution in [1.29, 1.82) is 0 Å². The Morgan fingerprint density at radius 3 is 2.27 bits per heavy atom. The number of primary sulfonamides is 1. The number of alkyl halides is 3. The van der Waals surface area contributed by atoms with E-state index in [4.69, 9.17) is 11.6 Å². The van der Waals surface area contributed by atoms with Crippen LogP contribution in [-0.4, -0.2) is 14.6 Å². The van der Waals surface area contributed by atoms with E-state index in [0.29, 0.717) is 11.3 Å². The minimum atomic E-state index is -4.94. The van der Waals surface area contributed by atoms with Crippen molar-refractivity contribution < 1.29 is 21.6 Å². The molecule has 0 radical (unpaired) electrons. The van der Waals surface area contributed by atoms with E-state index in [2.05, 4.69) is 5.14 Å². The van der Waals surface area contributed by atoms with Crippen molar-refractivity contribution in [3.63, 3.8) is 0 Å². The first-order valence-corrected chi connectivity index (χ1v) is 6.31. The van der Waals surface area contributed by atoms with Gasteiger partial charge in [0.05, 0.1) is 5.02 Å². The zero-order valence-electron chi connectivity index (χ0n) is 6.95. The van der Waals surface area contributed by atoms with Gasteiger partial charge < -0.3 is 0 Å². The fourth-order valence-electron chi connectivity index (χ4n) is 0.975. The number of hydrogen-bond acceptors (Lipinski definition) is 3. The normalized spacial score (nSPS) is 15.3. The second kappa shape index (κ2) is 3.93. The van der Waals surface area contributed by atoms with E-state index in [1.54, 1.807) is 0 Å². The Morgan fingerprint density at radius 2 is 2.00 bits per heavy atom. The molecule has 0 saturated carbocycles. The van der Waals surface area contributed by atoms with Gasteiger partial charge in [-0.25, -0.2) is 13.6 Å². The van der Waals surface area contributed by atoms with E-state index < -0.39 is 26.3 Å². The number of thiophene rings is 1. The van der Waals surface area contributed by atoms with Crippen molar-refractivity contribution >= 4 is 33.0 Å². The molecule has 1 rings (SSSR count). The highest BCUT2D eigenvalue weighted by Gasteiger charge is 2.49. The van der Waals surface area contributed by atoms with Gasteiger partial charge in [0.2, 0.25) is 15.3 Å². The first-order valence-electron chi connectivity index (χ1n) is 3.44. The van der Waals surface area contributed by atoms with Crippen LogP contribution >= 0.6 is 22.9 Å². The summed E-state index contributed by atoms with van der Waals surface area (Å²) in [7, 11) is -4.74. The predicted molar refractivity (Wildman–Crippen MR) is 51.2 cm³/mol. The molecular weight excluding hydrogens is 275 g/mol. The van der Waals surface area contributed by atoms with Crippen LogP contribution in [0.2, 0.25) is 5.02 Å². The molecule has 0 fully saturated rings. The lowest BCUT2D eigenvalue weighted by atomic mass is 10.3. The summed E-state index contributed by atoms with van der Waals surface area (Å²) in [5.41, 5.74) is 0. The van der Waals surface area contributed by atoms with Gasteiger partial charge in [0.1, 0.15) is 0 Å². The van der Waals surface area contributed by atoms with E-state index in [1.165, 1.54) is 5.38 Å². The molecule has 0 bridgehead atoms. The van der Waals surface area contributed by atoms with E-state index in [-0.39, 0.29) is 5.02 Å². The van der Waals surface area contributed by atoms with Gasteiger partial charge >= 0.3 is 6.18 Å². The molecular formula is C6H5ClF3NO2S2. The lowest BCUT2D eigenvalue weighted by Crippen LogP contribution is -2.32. The van der Waals surface area contributed by atoms with Crippen LogP contribution < -0.4 is 5.14 Å². The summed E-state index contributed by atoms with van der Waals surface area (Å²) < 4.78 is 58.9. The monoisotopic (exact) mass is 279 g/mol. The minimum absolute atomic E-state index is 0.0490. The summed E-state index contributed by atoms with van der Waals surface area (Å²) in [5, 5.41) is 3.08. The van der Waals surface area contributed by atoms with Gasteiger partial charge in [0, 0.05) is 10.3 Å². The summed E-state index contributed by atoms with van der Waals surface area (Å²) >= 11 is 6.01. The fraction of sp³-hybridized carbons (Fsp3) is 0.333. The molecule has 0 aliphatic carbocycles. The van der Waals surface area contributed by atoms with Gasteiger partial charge in [-0.15, -0.1) is 11.3 Å².